The van der Waals surface area contributed by atoms with Crippen LogP contribution in [0.5, 0.6) is 0 Å². The predicted octanol–water partition coefficient (Wildman–Crippen LogP) is 7.85. The summed E-state index contributed by atoms with van der Waals surface area (Å²) in [5, 5.41) is 40.1. The zero-order chi connectivity index (χ0) is 73.0. The first-order valence-electron chi connectivity index (χ1n) is 26.3. The summed E-state index contributed by atoms with van der Waals surface area (Å²) in [4.78, 5) is 169. The largest absolute Gasteiger partial charge is 0.490 e. The minimum atomic E-state index is -6.24. The molecule has 544 valence electrons. The second-order valence-corrected chi connectivity index (χ2v) is 33.7. The molecular weight excluding hydrogens is 1520 g/mol. The fourth-order valence-corrected chi connectivity index (χ4v) is 19.0. The van der Waals surface area contributed by atoms with Crippen molar-refractivity contribution in [2.24, 2.45) is 0 Å². The van der Waals surface area contributed by atoms with Gasteiger partial charge in [-0.3, -0.25) is 58.3 Å². The Morgan fingerprint density at radius 2 is 0.531 bits per heavy atom. The van der Waals surface area contributed by atoms with E-state index in [4.69, 9.17) is 14.7 Å². The lowest BCUT2D eigenvalue weighted by molar-refractivity contribution is -0.385. The summed E-state index contributed by atoms with van der Waals surface area (Å²) in [6.45, 7) is -1.12. The van der Waals surface area contributed by atoms with Gasteiger partial charge in [0.1, 0.15) is 0 Å². The Labute approximate surface area is 540 Å². The van der Waals surface area contributed by atoms with Gasteiger partial charge in [-0.15, -0.1) is 0 Å². The molecule has 0 spiro atoms. The lowest BCUT2D eigenvalue weighted by atomic mass is 10.1. The molecule has 0 aliphatic heterocycles. The fraction of sp³-hybridized carbons (Fsp3) is 0.462. The number of nitro benzene ring substituents is 3. The number of phosphoric acid groups is 10. The second-order valence-electron chi connectivity index (χ2n) is 18.3. The van der Waals surface area contributed by atoms with Gasteiger partial charge in [-0.25, -0.2) is 45.7 Å². The molecule has 3 rings (SSSR count). The quantitative estimate of drug-likeness (QED) is 0.0111. The van der Waals surface area contributed by atoms with E-state index in [1.54, 1.807) is 0 Å². The molecule has 0 aliphatic carbocycles. The number of carbonyl (C=O) groups excluding carboxylic acids is 3. The zero-order valence-electron chi connectivity index (χ0n) is 48.6. The van der Waals surface area contributed by atoms with Crippen LogP contribution >= 0.6 is 78.2 Å². The van der Waals surface area contributed by atoms with E-state index in [2.05, 4.69) is 64.0 Å². The Balaban J connectivity index is 0.000000702. The average molecular weight is 1580 g/mol. The van der Waals surface area contributed by atoms with Crippen LogP contribution in [0.3, 0.4) is 0 Å². The van der Waals surface area contributed by atoms with Crippen LogP contribution in [-0.4, -0.2) is 126 Å². The van der Waals surface area contributed by atoms with E-state index in [1.165, 1.54) is 54.6 Å². The summed E-state index contributed by atoms with van der Waals surface area (Å²) < 4.78 is 159. The number of non-ortho nitro benzene ring substituents is 3. The molecule has 0 bridgehead atoms. The Morgan fingerprint density at radius 3 is 0.750 bits per heavy atom. The molecule has 14 N–H and O–H groups in total. The number of hydrogen-bond donors (Lipinski definition) is 14. The number of rotatable bonds is 46. The highest BCUT2D eigenvalue weighted by atomic mass is 31.3. The smallest absolute Gasteiger partial charge is 0.352 e. The summed E-state index contributed by atoms with van der Waals surface area (Å²) in [5.74, 6) is -1.63. The molecule has 3 aromatic rings. The number of nitro groups is 3. The average Bonchev–Trinajstić information content (AvgIpc) is 0.830. The summed E-state index contributed by atoms with van der Waals surface area (Å²) in [7, 11) is -58.8. The van der Waals surface area contributed by atoms with Crippen molar-refractivity contribution < 1.29 is 177 Å². The van der Waals surface area contributed by atoms with Gasteiger partial charge >= 0.3 is 78.2 Å². The molecule has 96 heavy (non-hydrogen) atoms. The predicted molar refractivity (Wildman–Crippen MR) is 319 cm³/mol. The monoisotopic (exact) mass is 1580 g/mol. The van der Waals surface area contributed by atoms with Crippen molar-refractivity contribution >= 4 is 113 Å². The Kier molecular flexibility index (Phi) is 36.2. The zero-order valence-corrected chi connectivity index (χ0v) is 57.6. The Hall–Kier alpha value is -4.31. The van der Waals surface area contributed by atoms with Gasteiger partial charge in [0.15, 0.2) is 0 Å². The van der Waals surface area contributed by atoms with Gasteiger partial charge in [0.2, 0.25) is 0 Å². The van der Waals surface area contributed by atoms with Crippen LogP contribution in [0.25, 0.3) is 0 Å². The van der Waals surface area contributed by atoms with Crippen molar-refractivity contribution in [3.05, 3.63) is 120 Å². The van der Waals surface area contributed by atoms with Crippen LogP contribution in [0.1, 0.15) is 108 Å². The third-order valence-electron chi connectivity index (χ3n) is 10.4. The van der Waals surface area contributed by atoms with E-state index >= 15 is 0 Å². The third kappa shape index (κ3) is 39.5. The van der Waals surface area contributed by atoms with E-state index in [-0.39, 0.29) is 72.6 Å². The van der Waals surface area contributed by atoms with Gasteiger partial charge in [-0.1, -0.05) is 56.7 Å². The number of carbonyl (C=O) groups is 3. The Bertz CT molecular complexity index is 3560. The van der Waals surface area contributed by atoms with Crippen LogP contribution in [-0.2, 0) is 93.7 Å². The van der Waals surface area contributed by atoms with Crippen LogP contribution < -0.4 is 16.0 Å². The molecule has 0 aliphatic rings. The molecule has 0 radical (unpaired) electrons. The van der Waals surface area contributed by atoms with Crippen LogP contribution in [0, 0.1) is 30.3 Å². The standard InChI is InChI=1S/C26H39N4O22P5.C13H23N2O19P5/c31-25(21-11-9-13-23(19-21)29(33)34)27-15-5-1-3-7-17-47-53(37,38)49-55(41,42)51-57(45,46)52-56(43,44)50-54(39,40)48-18-8-4-2-6-16-28-26(32)22-12-10-14-24(20-22)30(35)36;16-13(11-6-5-7-12(10-11)15(17)18)14-8-3-1-2-4-9-30-36(22,23)32-38(26,27)34-39(28,29)33-37(24,25)31-35(19,20)21/h9-14,19-20H,1-8,15-18H2,(H,27,31)(H,28,32)(H,37,38)(H,39,40)(H,41,42)(H,43,44)(H,45,46);5-7,10H,1-4,8-9H2,(H,14,16)(H,22,23)(H,24,25)(H,26,27)(H,28,29)(H2,19,20,21). The van der Waals surface area contributed by atoms with Crippen molar-refractivity contribution in [1.29, 1.82) is 0 Å². The second kappa shape index (κ2) is 39.6. The van der Waals surface area contributed by atoms with Crippen molar-refractivity contribution in [2.45, 2.75) is 77.0 Å². The maximum absolute atomic E-state index is 12.1. The molecule has 0 fully saturated rings. The topological polar surface area (TPSA) is 711 Å². The van der Waals surface area contributed by atoms with E-state index in [9.17, 15) is 130 Å². The highest BCUT2D eigenvalue weighted by Gasteiger charge is 2.49. The van der Waals surface area contributed by atoms with Crippen LogP contribution in [0.4, 0.5) is 17.1 Å². The number of nitrogens with zero attached hydrogens (tertiary/aromatic N) is 3. The lowest BCUT2D eigenvalue weighted by Crippen LogP contribution is -2.24. The normalized spacial score (nSPS) is 17.4. The fourth-order valence-electron chi connectivity index (χ4n) is 6.68. The van der Waals surface area contributed by atoms with E-state index in [1.807, 2.05) is 0 Å². The molecule has 8 unspecified atom stereocenters. The lowest BCUT2D eigenvalue weighted by Gasteiger charge is -2.20. The molecule has 47 nitrogen and oxygen atoms in total. The van der Waals surface area contributed by atoms with Gasteiger partial charge in [0.05, 0.1) is 34.6 Å². The summed E-state index contributed by atoms with van der Waals surface area (Å²) in [6.07, 6.45) is 3.81. The first kappa shape index (κ1) is 87.8. The highest BCUT2D eigenvalue weighted by Crippen LogP contribution is 2.75. The van der Waals surface area contributed by atoms with E-state index in [0.717, 1.165) is 18.2 Å². The van der Waals surface area contributed by atoms with Gasteiger partial charge in [0, 0.05) is 72.7 Å². The molecule has 0 saturated heterocycles. The van der Waals surface area contributed by atoms with Crippen molar-refractivity contribution in [3.8, 4) is 0 Å². The Morgan fingerprint density at radius 1 is 0.323 bits per heavy atom. The first-order chi connectivity index (χ1) is 44.0. The maximum atomic E-state index is 12.1. The summed E-state index contributed by atoms with van der Waals surface area (Å²) in [5.41, 5.74) is -0.529. The number of phosphoric ester groups is 3. The number of benzene rings is 3. The minimum Gasteiger partial charge on any atom is -0.352 e. The van der Waals surface area contributed by atoms with Crippen LogP contribution in [0.2, 0.25) is 0 Å². The number of nitrogens with one attached hydrogen (secondary N) is 3. The van der Waals surface area contributed by atoms with Crippen molar-refractivity contribution in [1.82, 2.24) is 16.0 Å². The number of unbranched alkanes of at least 4 members (excludes halogenated alkanes) is 9. The maximum Gasteiger partial charge on any atom is 0.490 e. The highest BCUT2D eigenvalue weighted by molar-refractivity contribution is 7.72. The van der Waals surface area contributed by atoms with Gasteiger partial charge in [0.25, 0.3) is 34.8 Å². The van der Waals surface area contributed by atoms with Crippen molar-refractivity contribution in [2.75, 3.05) is 39.5 Å². The molecule has 0 aromatic heterocycles. The number of hydrogen-bond acceptors (Lipinski definition) is 30. The molecule has 3 amide bonds. The minimum absolute atomic E-state index is 0.0610. The summed E-state index contributed by atoms with van der Waals surface area (Å²) >= 11 is 0. The van der Waals surface area contributed by atoms with Crippen molar-refractivity contribution in [3.63, 3.8) is 0 Å². The summed E-state index contributed by atoms with van der Waals surface area (Å²) in [6, 6.07) is 15.2. The van der Waals surface area contributed by atoms with Gasteiger partial charge in [-0.05, 0) is 56.7 Å². The molecule has 8 atom stereocenters. The molecule has 57 heteroatoms. The first-order valence-corrected chi connectivity index (χ1v) is 41.3. The third-order valence-corrected chi connectivity index (χ3v) is 25.2. The molecular formula is C39H62N6O41P10. The molecule has 0 saturated carbocycles. The van der Waals surface area contributed by atoms with Gasteiger partial charge in [-0.2, -0.15) is 34.5 Å². The van der Waals surface area contributed by atoms with E-state index in [0.29, 0.717) is 57.8 Å². The molecule has 3 aromatic carbocycles. The SMILES string of the molecule is O=C(NCCCCCCOP(=O)(O)OP(=O)(O)OP(=O)(O)OP(=O)(O)OP(=O)(O)O)c1cccc([N+](=O)[O-])c1.O=C(NCCCCCCOP(=O)(O)OP(=O)(O)OP(=O)(O)OP(=O)(O)OP(=O)(O)OCCCCCCNC(=O)c1cccc([N+](=O)[O-])c1)c1cccc([N+](=O)[O-])c1. The van der Waals surface area contributed by atoms with E-state index < -0.39 is 131 Å². The van der Waals surface area contributed by atoms with Crippen LogP contribution in [0.15, 0.2) is 72.8 Å². The number of amides is 3. The van der Waals surface area contributed by atoms with Gasteiger partial charge < -0.3 is 69.8 Å². The molecule has 0 heterocycles.